The quantitative estimate of drug-likeness (QED) is 0.0683. The Hall–Kier alpha value is -4.65. The third-order valence-electron chi connectivity index (χ3n) is 11.3. The number of aliphatic hydroxyl groups excluding tert-OH is 4. The van der Waals surface area contributed by atoms with Gasteiger partial charge in [0, 0.05) is 60.6 Å². The second kappa shape index (κ2) is 23.3. The van der Waals surface area contributed by atoms with Crippen molar-refractivity contribution in [3.8, 4) is 6.07 Å². The number of nitrogens with zero attached hydrogens (tertiary/aromatic N) is 6. The molecular formula is C39H59N9O15. The number of piperidine rings is 1. The van der Waals surface area contributed by atoms with Crippen LogP contribution in [-0.2, 0) is 47.5 Å². The van der Waals surface area contributed by atoms with Crippen LogP contribution in [0.5, 0.6) is 0 Å². The fourth-order valence-corrected chi connectivity index (χ4v) is 7.88. The number of carbonyl (C=O) groups is 4. The Morgan fingerprint density at radius 2 is 1.68 bits per heavy atom. The molecule has 3 saturated heterocycles. The molecular weight excluding hydrogens is 834 g/mol. The lowest BCUT2D eigenvalue weighted by Gasteiger charge is -2.47. The number of anilines is 1. The molecule has 3 aliphatic heterocycles. The molecule has 2 aromatic heterocycles. The molecule has 3 fully saturated rings. The van der Waals surface area contributed by atoms with Gasteiger partial charge in [0.15, 0.2) is 24.3 Å². The van der Waals surface area contributed by atoms with Crippen molar-refractivity contribution in [1.82, 2.24) is 35.4 Å². The van der Waals surface area contributed by atoms with Crippen molar-refractivity contribution in [3.05, 3.63) is 18.6 Å². The first-order valence-corrected chi connectivity index (χ1v) is 20.6. The highest BCUT2D eigenvalue weighted by Crippen LogP contribution is 2.32. The third-order valence-corrected chi connectivity index (χ3v) is 11.3. The van der Waals surface area contributed by atoms with Crippen LogP contribution in [0.1, 0.15) is 26.7 Å². The molecule has 7 N–H and O–H groups in total. The van der Waals surface area contributed by atoms with Crippen molar-refractivity contribution in [2.45, 2.75) is 94.1 Å². The van der Waals surface area contributed by atoms with Gasteiger partial charge in [0.2, 0.25) is 11.8 Å². The number of carbonyl (C=O) groups excluding carboxylic acids is 4. The SMILES string of the molecule is CO[C@@H]1OC(CO)[C@@H](O)C(O[C@@H]2OC(C(=O)NCCOCCOCCNC(=O)n3ccc4c(N(C)[C@H]5CN(C(=O)CC#N)CC[C@H]5C)ncnc43)[C@@H](OC)C(O)C2O)C1NC(C)=O. The van der Waals surface area contributed by atoms with Crippen molar-refractivity contribution in [2.24, 2.45) is 5.92 Å². The highest BCUT2D eigenvalue weighted by Gasteiger charge is 2.53. The summed E-state index contributed by atoms with van der Waals surface area (Å²) in [6, 6.07) is 2.07. The molecule has 3 aliphatic rings. The maximum absolute atomic E-state index is 13.2. The minimum Gasteiger partial charge on any atom is -0.394 e. The summed E-state index contributed by atoms with van der Waals surface area (Å²) in [4.78, 5) is 63.3. The Morgan fingerprint density at radius 1 is 0.968 bits per heavy atom. The van der Waals surface area contributed by atoms with E-state index in [9.17, 15) is 39.6 Å². The first-order chi connectivity index (χ1) is 30.3. The molecule has 5 heterocycles. The van der Waals surface area contributed by atoms with Gasteiger partial charge >= 0.3 is 6.03 Å². The van der Waals surface area contributed by atoms with E-state index in [0.29, 0.717) is 29.9 Å². The average Bonchev–Trinajstić information content (AvgIpc) is 3.71. The van der Waals surface area contributed by atoms with E-state index >= 15 is 0 Å². The first-order valence-electron chi connectivity index (χ1n) is 20.6. The Balaban J connectivity index is 1.03. The van der Waals surface area contributed by atoms with Gasteiger partial charge in [0.25, 0.3) is 5.91 Å². The number of hydrogen-bond donors (Lipinski definition) is 7. The van der Waals surface area contributed by atoms with Gasteiger partial charge in [-0.3, -0.25) is 19.0 Å². The number of fused-ring (bicyclic) bond motifs is 1. The molecule has 0 bridgehead atoms. The average molecular weight is 894 g/mol. The number of aliphatic hydroxyl groups is 4. The summed E-state index contributed by atoms with van der Waals surface area (Å²) in [6.07, 6.45) is -9.68. The monoisotopic (exact) mass is 893 g/mol. The van der Waals surface area contributed by atoms with Gasteiger partial charge in [-0.2, -0.15) is 5.26 Å². The Morgan fingerprint density at radius 3 is 2.33 bits per heavy atom. The number of nitriles is 1. The van der Waals surface area contributed by atoms with E-state index in [1.165, 1.54) is 32.0 Å². The normalized spacial score (nSPS) is 29.7. The smallest absolute Gasteiger partial charge is 0.327 e. The number of nitrogens with one attached hydrogen (secondary N) is 3. The van der Waals surface area contributed by atoms with Gasteiger partial charge < -0.3 is 79.3 Å². The number of rotatable bonds is 19. The minimum atomic E-state index is -1.76. The molecule has 12 atom stereocenters. The van der Waals surface area contributed by atoms with E-state index in [1.807, 2.05) is 18.0 Å². The highest BCUT2D eigenvalue weighted by molar-refractivity contribution is 5.95. The number of methoxy groups -OCH3 is 2. The second-order valence-electron chi connectivity index (χ2n) is 15.4. The van der Waals surface area contributed by atoms with Crippen LogP contribution < -0.4 is 20.9 Å². The predicted molar refractivity (Wildman–Crippen MR) is 216 cm³/mol. The fraction of sp³-hybridized carbons (Fsp3) is 0.718. The molecule has 24 nitrogen and oxygen atoms in total. The van der Waals surface area contributed by atoms with Crippen LogP contribution in [0.4, 0.5) is 10.6 Å². The molecule has 6 unspecified atom stereocenters. The maximum Gasteiger partial charge on any atom is 0.327 e. The summed E-state index contributed by atoms with van der Waals surface area (Å²) >= 11 is 0. The Kier molecular flexibility index (Phi) is 18.3. The zero-order valence-electron chi connectivity index (χ0n) is 35.9. The number of amides is 4. The molecule has 24 heteroatoms. The number of aromatic nitrogens is 3. The third kappa shape index (κ3) is 11.9. The molecule has 0 aromatic carbocycles. The molecule has 350 valence electrons. The topological polar surface area (TPSA) is 311 Å². The zero-order valence-corrected chi connectivity index (χ0v) is 35.9. The summed E-state index contributed by atoms with van der Waals surface area (Å²) in [7, 11) is 4.39. The predicted octanol–water partition coefficient (Wildman–Crippen LogP) is -3.20. The van der Waals surface area contributed by atoms with Crippen molar-refractivity contribution in [3.63, 3.8) is 0 Å². The Bertz CT molecular complexity index is 1890. The van der Waals surface area contributed by atoms with Crippen LogP contribution in [0.3, 0.4) is 0 Å². The molecule has 0 aliphatic carbocycles. The van der Waals surface area contributed by atoms with Crippen molar-refractivity contribution >= 4 is 40.6 Å². The molecule has 0 spiro atoms. The minimum absolute atomic E-state index is 0.0123. The van der Waals surface area contributed by atoms with Crippen LogP contribution in [-0.4, -0.2) is 211 Å². The molecule has 4 amide bonds. The first kappa shape index (κ1) is 49.4. The van der Waals surface area contributed by atoms with Crippen LogP contribution in [0.2, 0.25) is 0 Å². The van der Waals surface area contributed by atoms with Crippen molar-refractivity contribution < 1.29 is 72.8 Å². The van der Waals surface area contributed by atoms with E-state index in [2.05, 4.69) is 32.8 Å². The largest absolute Gasteiger partial charge is 0.394 e. The van der Waals surface area contributed by atoms with Gasteiger partial charge in [-0.1, -0.05) is 6.92 Å². The molecule has 0 saturated carbocycles. The second-order valence-corrected chi connectivity index (χ2v) is 15.4. The van der Waals surface area contributed by atoms with Crippen LogP contribution in [0, 0.1) is 17.2 Å². The number of hydrogen-bond acceptors (Lipinski definition) is 19. The Labute approximate surface area is 363 Å². The molecule has 63 heavy (non-hydrogen) atoms. The van der Waals surface area contributed by atoms with Crippen molar-refractivity contribution in [2.75, 3.05) is 85.4 Å². The number of likely N-dealkylation sites (N-methyl/N-ethyl adjacent to an activating group) is 1. The number of ether oxygens (including phenoxy) is 7. The van der Waals surface area contributed by atoms with Crippen LogP contribution >= 0.6 is 0 Å². The van der Waals surface area contributed by atoms with E-state index in [4.69, 9.17) is 38.4 Å². The zero-order chi connectivity index (χ0) is 45.8. The van der Waals surface area contributed by atoms with Crippen LogP contribution in [0.25, 0.3) is 11.0 Å². The van der Waals surface area contributed by atoms with E-state index < -0.39 is 85.8 Å². The summed E-state index contributed by atoms with van der Waals surface area (Å²) in [5.74, 6) is -0.592. The molecule has 5 rings (SSSR count). The lowest BCUT2D eigenvalue weighted by molar-refractivity contribution is -0.338. The standard InChI is InChI=1S/C39H59N9O15/c1-21-7-12-47(26(51)6-9-40)18-24(21)46(3)34-23-8-13-48(35(23)44-20-43-34)39(56)42-11-15-60-17-16-59-14-10-41-36(55)33-32(57-4)29(53)30(54)38(63-33)62-31-27(45-22(2)50)37(58-5)61-25(19-49)28(31)52/h8,13,20-21,24-25,27-33,37-38,49,52-54H,6-7,10-12,14-19H2,1-5H3,(H,41,55)(H,42,56)(H,45,50)/t21-,24+,25?,27?,28-,29?,30?,31?,32+,33?,37-,38-/m1/s1. The fourth-order valence-electron chi connectivity index (χ4n) is 7.88. The lowest BCUT2D eigenvalue weighted by atomic mass is 9.92. The molecule has 0 radical (unpaired) electrons. The summed E-state index contributed by atoms with van der Waals surface area (Å²) < 4.78 is 40.3. The van der Waals surface area contributed by atoms with Gasteiger partial charge in [-0.15, -0.1) is 0 Å². The summed E-state index contributed by atoms with van der Waals surface area (Å²) in [6.45, 7) is 4.49. The number of likely N-dealkylation sites (tertiary alicyclic amines) is 1. The van der Waals surface area contributed by atoms with Gasteiger partial charge in [-0.25, -0.2) is 14.8 Å². The van der Waals surface area contributed by atoms with Crippen molar-refractivity contribution in [1.29, 1.82) is 5.26 Å². The van der Waals surface area contributed by atoms with Gasteiger partial charge in [0.1, 0.15) is 61.2 Å². The summed E-state index contributed by atoms with van der Waals surface area (Å²) in [5, 5.41) is 60.0. The van der Waals surface area contributed by atoms with E-state index in [0.717, 1.165) is 6.42 Å². The molecule has 2 aromatic rings. The van der Waals surface area contributed by atoms with E-state index in [-0.39, 0.29) is 63.8 Å². The summed E-state index contributed by atoms with van der Waals surface area (Å²) in [5.41, 5.74) is 0.408. The van der Waals surface area contributed by atoms with E-state index in [1.54, 1.807) is 17.2 Å². The lowest BCUT2D eigenvalue weighted by Crippen LogP contribution is -2.68. The van der Waals surface area contributed by atoms with Gasteiger partial charge in [0.05, 0.1) is 50.5 Å². The van der Waals surface area contributed by atoms with Gasteiger partial charge in [-0.05, 0) is 18.4 Å². The highest BCUT2D eigenvalue weighted by atomic mass is 16.7. The van der Waals surface area contributed by atoms with Crippen LogP contribution in [0.15, 0.2) is 18.6 Å². The maximum atomic E-state index is 13.2.